The van der Waals surface area contributed by atoms with E-state index in [0.29, 0.717) is 4.90 Å². The first-order valence-electron chi connectivity index (χ1n) is 5.95. The van der Waals surface area contributed by atoms with E-state index in [1.54, 1.807) is 30.3 Å². The Balaban J connectivity index is 2.47. The lowest BCUT2D eigenvalue weighted by molar-refractivity contribution is 0.680. The van der Waals surface area contributed by atoms with Gasteiger partial charge in [0.05, 0.1) is 14.6 Å². The number of nitrogens with one attached hydrogen (secondary N) is 1. The summed E-state index contributed by atoms with van der Waals surface area (Å²) in [5.74, 6) is 0. The first-order valence-corrected chi connectivity index (χ1v) is 7.57. The summed E-state index contributed by atoms with van der Waals surface area (Å²) in [5.41, 5.74) is 0. The Morgan fingerprint density at radius 1 is 1.17 bits per heavy atom. The molecule has 0 radical (unpaired) electrons. The van der Waals surface area contributed by atoms with E-state index in [1.165, 1.54) is 5.41 Å². The summed E-state index contributed by atoms with van der Waals surface area (Å²) in [4.78, 5) is 0.563. The largest absolute Gasteiger partial charge is 0.245 e. The maximum absolute atomic E-state index is 12.1. The van der Waals surface area contributed by atoms with Crippen molar-refractivity contribution in [1.29, 1.82) is 4.78 Å². The van der Waals surface area contributed by atoms with Crippen LogP contribution in [0.15, 0.2) is 71.5 Å². The Morgan fingerprint density at radius 3 is 2.50 bits per heavy atom. The van der Waals surface area contributed by atoms with Crippen molar-refractivity contribution in [2.75, 3.05) is 0 Å². The molecule has 1 rings (SSSR count). The third-order valence-corrected chi connectivity index (χ3v) is 3.94. The quantitative estimate of drug-likeness (QED) is 0.569. The third-order valence-electron chi connectivity index (χ3n) is 2.39. The normalized spacial score (nSPS) is 14.9. The van der Waals surface area contributed by atoms with Crippen molar-refractivity contribution in [3.8, 4) is 0 Å². The van der Waals surface area contributed by atoms with Gasteiger partial charge in [-0.15, -0.1) is 0 Å². The van der Waals surface area contributed by atoms with Gasteiger partial charge in [-0.3, -0.25) is 0 Å². The smallest absolute Gasteiger partial charge is 0.0940 e. The van der Waals surface area contributed by atoms with E-state index >= 15 is 0 Å². The van der Waals surface area contributed by atoms with Crippen LogP contribution in [0.25, 0.3) is 0 Å². The summed E-state index contributed by atoms with van der Waals surface area (Å²) in [5, 5.41) is 1.51. The Bertz CT molecular complexity index is 513. The highest BCUT2D eigenvalue weighted by Gasteiger charge is 2.03. The van der Waals surface area contributed by atoms with Crippen LogP contribution in [0.4, 0.5) is 0 Å². The van der Waals surface area contributed by atoms with Gasteiger partial charge in [0.15, 0.2) is 0 Å². The molecule has 0 saturated carbocycles. The molecule has 0 spiro atoms. The summed E-state index contributed by atoms with van der Waals surface area (Å²) >= 11 is 0. The van der Waals surface area contributed by atoms with Crippen molar-refractivity contribution in [3.63, 3.8) is 0 Å². The molecule has 0 saturated heterocycles. The first kappa shape index (κ1) is 14.5. The maximum Gasteiger partial charge on any atom is 0.0940 e. The van der Waals surface area contributed by atoms with Crippen LogP contribution >= 0.6 is 0 Å². The Labute approximate surface area is 110 Å². The summed E-state index contributed by atoms with van der Waals surface area (Å²) < 4.78 is 19.9. The zero-order valence-electron chi connectivity index (χ0n) is 10.4. The van der Waals surface area contributed by atoms with Crippen molar-refractivity contribution >= 4 is 9.73 Å². The number of hydrogen-bond acceptors (Lipinski definition) is 2. The van der Waals surface area contributed by atoms with E-state index in [-0.39, 0.29) is 0 Å². The molecule has 18 heavy (non-hydrogen) atoms. The van der Waals surface area contributed by atoms with Crippen LogP contribution in [0, 0.1) is 4.78 Å². The van der Waals surface area contributed by atoms with Gasteiger partial charge >= 0.3 is 0 Å². The number of unbranched alkanes of at least 4 members (excludes halogenated alkanes) is 2. The third kappa shape index (κ3) is 5.15. The van der Waals surface area contributed by atoms with Gasteiger partial charge in [0.2, 0.25) is 0 Å². The van der Waals surface area contributed by atoms with Crippen LogP contribution in [-0.4, -0.2) is 4.21 Å². The molecule has 1 aromatic rings. The molecule has 96 valence electrons. The lowest BCUT2D eigenvalue weighted by Gasteiger charge is -2.01. The Kier molecular flexibility index (Phi) is 6.15. The molecule has 1 atom stereocenters. The molecular weight excluding hydrogens is 242 g/mol. The standard InChI is InChI=1S/C15H19NOS/c1-2-3-4-5-6-7-11-14-18(16,17)15-12-9-8-10-13-15/h2-4,8-14,16H,1,5-7H2/b4-3+,14-11+. The average Bonchev–Trinajstić information content (AvgIpc) is 2.39. The second-order valence-electron chi connectivity index (χ2n) is 3.88. The molecule has 0 aromatic heterocycles. The zero-order chi connectivity index (χ0) is 13.3. The van der Waals surface area contributed by atoms with Crippen LogP contribution in [0.2, 0.25) is 0 Å². The van der Waals surface area contributed by atoms with Gasteiger partial charge < -0.3 is 0 Å². The van der Waals surface area contributed by atoms with E-state index in [2.05, 4.69) is 12.7 Å². The molecule has 0 aliphatic carbocycles. The first-order chi connectivity index (χ1) is 8.67. The molecule has 1 unspecified atom stereocenters. The molecule has 3 heteroatoms. The fraction of sp³-hybridized carbons (Fsp3) is 0.200. The topological polar surface area (TPSA) is 40.9 Å². The monoisotopic (exact) mass is 261 g/mol. The highest BCUT2D eigenvalue weighted by Crippen LogP contribution is 2.12. The van der Waals surface area contributed by atoms with Crippen LogP contribution < -0.4 is 0 Å². The fourth-order valence-corrected chi connectivity index (χ4v) is 2.58. The van der Waals surface area contributed by atoms with E-state index in [1.807, 2.05) is 18.2 Å². The highest BCUT2D eigenvalue weighted by molar-refractivity contribution is 7.95. The van der Waals surface area contributed by atoms with E-state index in [9.17, 15) is 4.21 Å². The van der Waals surface area contributed by atoms with Crippen molar-refractivity contribution in [2.24, 2.45) is 0 Å². The number of allylic oxidation sites excluding steroid dienone is 4. The van der Waals surface area contributed by atoms with E-state index in [0.717, 1.165) is 19.3 Å². The molecule has 0 heterocycles. The summed E-state index contributed by atoms with van der Waals surface area (Å²) in [6.07, 6.45) is 10.4. The minimum absolute atomic E-state index is 0.563. The molecule has 0 amide bonds. The van der Waals surface area contributed by atoms with Crippen LogP contribution in [0.1, 0.15) is 19.3 Å². The van der Waals surface area contributed by atoms with Gasteiger partial charge in [-0.05, 0) is 31.4 Å². The van der Waals surface area contributed by atoms with Gasteiger partial charge in [0.25, 0.3) is 0 Å². The molecule has 1 aromatic carbocycles. The summed E-state index contributed by atoms with van der Waals surface area (Å²) in [7, 11) is -2.77. The van der Waals surface area contributed by atoms with Crippen molar-refractivity contribution in [3.05, 3.63) is 66.6 Å². The second kappa shape index (κ2) is 7.67. The van der Waals surface area contributed by atoms with Crippen LogP contribution in [-0.2, 0) is 9.73 Å². The molecule has 1 N–H and O–H groups in total. The minimum atomic E-state index is -2.77. The van der Waals surface area contributed by atoms with Crippen molar-refractivity contribution < 1.29 is 4.21 Å². The fourth-order valence-electron chi connectivity index (χ4n) is 1.45. The van der Waals surface area contributed by atoms with Gasteiger partial charge in [-0.2, -0.15) is 0 Å². The minimum Gasteiger partial charge on any atom is -0.245 e. The summed E-state index contributed by atoms with van der Waals surface area (Å²) in [6.45, 7) is 3.60. The van der Waals surface area contributed by atoms with Gasteiger partial charge in [0.1, 0.15) is 0 Å². The number of hydrogen-bond donors (Lipinski definition) is 1. The van der Waals surface area contributed by atoms with Crippen LogP contribution in [0.3, 0.4) is 0 Å². The molecular formula is C15H19NOS. The average molecular weight is 261 g/mol. The van der Waals surface area contributed by atoms with E-state index in [4.69, 9.17) is 4.78 Å². The highest BCUT2D eigenvalue weighted by atomic mass is 32.2. The maximum atomic E-state index is 12.1. The predicted molar refractivity (Wildman–Crippen MR) is 77.9 cm³/mol. The second-order valence-corrected chi connectivity index (χ2v) is 5.83. The number of rotatable bonds is 7. The van der Waals surface area contributed by atoms with Crippen LogP contribution in [0.5, 0.6) is 0 Å². The summed E-state index contributed by atoms with van der Waals surface area (Å²) in [6, 6.07) is 8.92. The lowest BCUT2D eigenvalue weighted by atomic mass is 10.2. The Hall–Kier alpha value is -1.61. The van der Waals surface area contributed by atoms with Gasteiger partial charge in [-0.1, -0.05) is 49.1 Å². The zero-order valence-corrected chi connectivity index (χ0v) is 11.2. The SMILES string of the molecule is C=C/C=C/CCC/C=C/S(=N)(=O)c1ccccc1. The molecule has 0 bridgehead atoms. The Morgan fingerprint density at radius 2 is 1.83 bits per heavy atom. The molecule has 0 fully saturated rings. The molecule has 0 aliphatic rings. The number of benzene rings is 1. The van der Waals surface area contributed by atoms with Crippen molar-refractivity contribution in [1.82, 2.24) is 0 Å². The molecule has 0 aliphatic heterocycles. The lowest BCUT2D eigenvalue weighted by Crippen LogP contribution is -1.92. The predicted octanol–water partition coefficient (Wildman–Crippen LogP) is 4.52. The molecule has 2 nitrogen and oxygen atoms in total. The van der Waals surface area contributed by atoms with Crippen molar-refractivity contribution in [2.45, 2.75) is 24.2 Å². The van der Waals surface area contributed by atoms with Gasteiger partial charge in [0, 0.05) is 5.41 Å². The van der Waals surface area contributed by atoms with Gasteiger partial charge in [-0.25, -0.2) is 8.99 Å². The van der Waals surface area contributed by atoms with E-state index < -0.39 is 9.73 Å².